The quantitative estimate of drug-likeness (QED) is 0.711. The summed E-state index contributed by atoms with van der Waals surface area (Å²) in [6.07, 6.45) is 2.25. The van der Waals surface area contributed by atoms with Crippen LogP contribution in [-0.4, -0.2) is 34.6 Å². The zero-order valence-corrected chi connectivity index (χ0v) is 16.5. The van der Waals surface area contributed by atoms with Crippen LogP contribution in [0.25, 0.3) is 11.1 Å². The lowest BCUT2D eigenvalue weighted by atomic mass is 9.97. The highest BCUT2D eigenvalue weighted by Crippen LogP contribution is 2.29. The molecule has 3 aromatic rings. The van der Waals surface area contributed by atoms with Gasteiger partial charge in [-0.25, -0.2) is 4.39 Å². The van der Waals surface area contributed by atoms with Crippen LogP contribution >= 0.6 is 0 Å². The van der Waals surface area contributed by atoms with E-state index in [1.165, 1.54) is 22.6 Å². The van der Waals surface area contributed by atoms with Crippen molar-refractivity contribution in [2.24, 2.45) is 0 Å². The molecule has 150 valence electrons. The second-order valence-electron chi connectivity index (χ2n) is 7.38. The fourth-order valence-electron chi connectivity index (χ4n) is 3.68. The monoisotopic (exact) mass is 394 g/mol. The molecule has 0 radical (unpaired) electrons. The van der Waals surface area contributed by atoms with Crippen molar-refractivity contribution in [1.82, 2.24) is 20.4 Å². The molecule has 1 fully saturated rings. The Balaban J connectivity index is 1.59. The van der Waals surface area contributed by atoms with E-state index in [-0.39, 0.29) is 18.0 Å². The minimum absolute atomic E-state index is 0.161. The molecule has 1 atom stereocenters. The molecule has 0 aliphatic carbocycles. The number of amides is 1. The van der Waals surface area contributed by atoms with Gasteiger partial charge in [0.15, 0.2) is 0 Å². The number of benzene rings is 2. The van der Waals surface area contributed by atoms with E-state index in [1.54, 1.807) is 20.0 Å². The number of rotatable bonds is 5. The average molecular weight is 394 g/mol. The van der Waals surface area contributed by atoms with Crippen molar-refractivity contribution in [3.63, 3.8) is 0 Å². The predicted molar refractivity (Wildman–Crippen MR) is 107 cm³/mol. The number of nitrogens with zero attached hydrogens (tertiary/aromatic N) is 3. The van der Waals surface area contributed by atoms with E-state index in [0.29, 0.717) is 23.4 Å². The number of halogens is 1. The molecular formula is C22H23FN4O2. The molecule has 4 rings (SSSR count). The van der Waals surface area contributed by atoms with Crippen molar-refractivity contribution < 1.29 is 13.6 Å². The summed E-state index contributed by atoms with van der Waals surface area (Å²) in [4.78, 5) is 14.3. The topological polar surface area (TPSA) is 71.3 Å². The molecule has 1 saturated heterocycles. The Bertz CT molecular complexity index is 1030. The van der Waals surface area contributed by atoms with Crippen molar-refractivity contribution in [2.75, 3.05) is 13.6 Å². The van der Waals surface area contributed by atoms with Gasteiger partial charge in [0.2, 0.25) is 11.8 Å². The normalized spacial score (nSPS) is 16.2. The zero-order chi connectivity index (χ0) is 20.4. The maximum absolute atomic E-state index is 14.3. The number of nitrogens with one attached hydrogen (secondary N) is 1. The molecule has 7 heteroatoms. The number of aryl methyl sites for hydroxylation is 1. The molecular weight excluding hydrogens is 371 g/mol. The fraction of sp³-hybridized carbons (Fsp3) is 0.318. The van der Waals surface area contributed by atoms with Gasteiger partial charge in [-0.2, -0.15) is 0 Å². The first-order valence-electron chi connectivity index (χ1n) is 9.68. The van der Waals surface area contributed by atoms with Crippen molar-refractivity contribution in [1.29, 1.82) is 0 Å². The van der Waals surface area contributed by atoms with E-state index in [0.717, 1.165) is 24.9 Å². The molecule has 29 heavy (non-hydrogen) atoms. The van der Waals surface area contributed by atoms with Crippen LogP contribution < -0.4 is 5.32 Å². The van der Waals surface area contributed by atoms with Gasteiger partial charge >= 0.3 is 0 Å². The van der Waals surface area contributed by atoms with Crippen LogP contribution in [0, 0.1) is 12.7 Å². The van der Waals surface area contributed by atoms with E-state index in [2.05, 4.69) is 27.6 Å². The first kappa shape index (κ1) is 19.3. The molecule has 0 bridgehead atoms. The number of hydrogen-bond donors (Lipinski definition) is 1. The summed E-state index contributed by atoms with van der Waals surface area (Å²) in [5, 5.41) is 11.1. The van der Waals surface area contributed by atoms with E-state index in [9.17, 15) is 9.18 Å². The maximum atomic E-state index is 14.3. The van der Waals surface area contributed by atoms with E-state index in [1.807, 2.05) is 12.1 Å². The molecule has 1 aliphatic rings. The van der Waals surface area contributed by atoms with Gasteiger partial charge in [-0.05, 0) is 60.3 Å². The second kappa shape index (κ2) is 8.13. The van der Waals surface area contributed by atoms with Crippen molar-refractivity contribution in [3.8, 4) is 11.1 Å². The predicted octanol–water partition coefficient (Wildman–Crippen LogP) is 3.88. The van der Waals surface area contributed by atoms with Crippen LogP contribution in [0.2, 0.25) is 0 Å². The third-order valence-corrected chi connectivity index (χ3v) is 5.11. The lowest BCUT2D eigenvalue weighted by molar-refractivity contribution is 0.0772. The van der Waals surface area contributed by atoms with Gasteiger partial charge in [0.05, 0.1) is 6.54 Å². The van der Waals surface area contributed by atoms with Gasteiger partial charge in [-0.15, -0.1) is 10.2 Å². The number of aromatic nitrogens is 2. The standard InChI is InChI=1S/C22H23FN4O2/c1-14-25-26-21(29-14)13-27(2)22(28)18-10-17(11-19(23)12-18)15-5-3-6-16(9-15)20-7-4-8-24-20/h3,5-6,9-12,20,24H,4,7-8,13H2,1-2H3. The number of carbonyl (C=O) groups excluding carboxylic acids is 1. The van der Waals surface area contributed by atoms with Gasteiger partial charge in [0.25, 0.3) is 5.91 Å². The summed E-state index contributed by atoms with van der Waals surface area (Å²) in [7, 11) is 1.62. The molecule has 0 saturated carbocycles. The number of hydrogen-bond acceptors (Lipinski definition) is 5. The van der Waals surface area contributed by atoms with Crippen LogP contribution in [0.1, 0.15) is 46.6 Å². The molecule has 1 unspecified atom stereocenters. The lowest BCUT2D eigenvalue weighted by Gasteiger charge is -2.16. The Morgan fingerprint density at radius 3 is 2.83 bits per heavy atom. The lowest BCUT2D eigenvalue weighted by Crippen LogP contribution is -2.26. The van der Waals surface area contributed by atoms with E-state index in [4.69, 9.17) is 4.42 Å². The molecule has 1 amide bonds. The Kier molecular flexibility index (Phi) is 5.40. The first-order valence-corrected chi connectivity index (χ1v) is 9.68. The number of carbonyl (C=O) groups is 1. The van der Waals surface area contributed by atoms with Crippen molar-refractivity contribution >= 4 is 5.91 Å². The minimum atomic E-state index is -0.447. The third-order valence-electron chi connectivity index (χ3n) is 5.11. The van der Waals surface area contributed by atoms with E-state index < -0.39 is 5.82 Å². The smallest absolute Gasteiger partial charge is 0.254 e. The van der Waals surface area contributed by atoms with Crippen LogP contribution in [0.5, 0.6) is 0 Å². The average Bonchev–Trinajstić information content (AvgIpc) is 3.39. The molecule has 1 aliphatic heterocycles. The highest BCUT2D eigenvalue weighted by Gasteiger charge is 2.19. The second-order valence-corrected chi connectivity index (χ2v) is 7.38. The molecule has 2 heterocycles. The Labute approximate surface area is 168 Å². The van der Waals surface area contributed by atoms with Gasteiger partial charge < -0.3 is 14.6 Å². The van der Waals surface area contributed by atoms with Crippen LogP contribution in [0.4, 0.5) is 4.39 Å². The summed E-state index contributed by atoms with van der Waals surface area (Å²) in [5.41, 5.74) is 3.03. The summed E-state index contributed by atoms with van der Waals surface area (Å²) in [6, 6.07) is 12.8. The zero-order valence-electron chi connectivity index (χ0n) is 16.5. The fourth-order valence-corrected chi connectivity index (χ4v) is 3.68. The Morgan fingerprint density at radius 2 is 2.10 bits per heavy atom. The molecule has 1 aromatic heterocycles. The van der Waals surface area contributed by atoms with Crippen molar-refractivity contribution in [2.45, 2.75) is 32.4 Å². The SMILES string of the molecule is Cc1nnc(CN(C)C(=O)c2cc(F)cc(-c3cccc(C4CCCN4)c3)c2)o1. The highest BCUT2D eigenvalue weighted by atomic mass is 19.1. The van der Waals surface area contributed by atoms with Crippen LogP contribution in [0.3, 0.4) is 0 Å². The Morgan fingerprint density at radius 1 is 1.24 bits per heavy atom. The molecule has 1 N–H and O–H groups in total. The summed E-state index contributed by atoms with van der Waals surface area (Å²) in [5.74, 6) is 0.0183. The largest absolute Gasteiger partial charge is 0.424 e. The Hall–Kier alpha value is -3.06. The maximum Gasteiger partial charge on any atom is 0.254 e. The van der Waals surface area contributed by atoms with Gasteiger partial charge in [0, 0.05) is 25.6 Å². The first-order chi connectivity index (χ1) is 14.0. The van der Waals surface area contributed by atoms with Gasteiger partial charge in [0.1, 0.15) is 5.82 Å². The van der Waals surface area contributed by atoms with Crippen LogP contribution in [0.15, 0.2) is 46.9 Å². The van der Waals surface area contributed by atoms with Crippen LogP contribution in [-0.2, 0) is 6.54 Å². The summed E-state index contributed by atoms with van der Waals surface area (Å²) < 4.78 is 19.7. The van der Waals surface area contributed by atoms with Gasteiger partial charge in [-0.3, -0.25) is 4.79 Å². The molecule has 0 spiro atoms. The summed E-state index contributed by atoms with van der Waals surface area (Å²) >= 11 is 0. The molecule has 6 nitrogen and oxygen atoms in total. The highest BCUT2D eigenvalue weighted by molar-refractivity contribution is 5.95. The van der Waals surface area contributed by atoms with E-state index >= 15 is 0 Å². The molecule has 2 aromatic carbocycles. The minimum Gasteiger partial charge on any atom is -0.424 e. The van der Waals surface area contributed by atoms with Crippen molar-refractivity contribution in [3.05, 3.63) is 71.2 Å². The third kappa shape index (κ3) is 4.35. The van der Waals surface area contributed by atoms with Gasteiger partial charge in [-0.1, -0.05) is 18.2 Å². The summed E-state index contributed by atoms with van der Waals surface area (Å²) in [6.45, 7) is 2.86.